The molecule has 2 N–H and O–H groups in total. The number of likely N-dealkylation sites (N-methyl/N-ethyl adjacent to an activating group) is 2. The number of Topliss-reactive ketones (excluding diaryl/α,β-unsaturated/α-hetero) is 1. The number of aliphatic hydroxyl groups excluding tert-OH is 1. The molecule has 0 amide bonds. The van der Waals surface area contributed by atoms with Gasteiger partial charge in [-0.15, -0.1) is 0 Å². The number of carbonyl (C=O) groups is 1. The average Bonchev–Trinajstić information content (AvgIpc) is 2.63. The van der Waals surface area contributed by atoms with Crippen molar-refractivity contribution in [2.75, 3.05) is 40.3 Å². The summed E-state index contributed by atoms with van der Waals surface area (Å²) in [5, 5.41) is 13.3. The lowest BCUT2D eigenvalue weighted by Gasteiger charge is -2.32. The summed E-state index contributed by atoms with van der Waals surface area (Å²) >= 11 is 0. The maximum Gasteiger partial charge on any atom is 0.166 e. The van der Waals surface area contributed by atoms with Gasteiger partial charge >= 0.3 is 0 Å². The van der Waals surface area contributed by atoms with E-state index in [0.717, 1.165) is 51.1 Å². The van der Waals surface area contributed by atoms with Gasteiger partial charge in [-0.05, 0) is 38.9 Å². The molecule has 0 unspecified atom stereocenters. The van der Waals surface area contributed by atoms with Crippen LogP contribution in [0, 0.1) is 5.92 Å². The topological polar surface area (TPSA) is 55.8 Å². The molecule has 5 nitrogen and oxygen atoms in total. The summed E-state index contributed by atoms with van der Waals surface area (Å²) in [6, 6.07) is 8.21. The highest BCUT2D eigenvalue weighted by molar-refractivity contribution is 5.98. The van der Waals surface area contributed by atoms with E-state index in [9.17, 15) is 9.90 Å². The molecule has 5 heteroatoms. The fourth-order valence-electron chi connectivity index (χ4n) is 4.00. The molecule has 0 aromatic heterocycles. The van der Waals surface area contributed by atoms with E-state index in [2.05, 4.69) is 34.3 Å². The Labute approximate surface area is 151 Å². The number of carbonyl (C=O) groups excluding carboxylic acids is 1. The Hall–Kier alpha value is -1.27. The SMILES string of the molecule is CN[C@@H]1CC[C@H](C(=O)c2ccc(CN3CCN(C)CC3)cc2)C[C@H]1O. The third-order valence-corrected chi connectivity index (χ3v) is 5.80. The second-order valence-electron chi connectivity index (χ2n) is 7.61. The molecular weight excluding hydrogens is 314 g/mol. The molecule has 138 valence electrons. The van der Waals surface area contributed by atoms with E-state index in [-0.39, 0.29) is 17.7 Å². The van der Waals surface area contributed by atoms with Gasteiger partial charge in [0.1, 0.15) is 0 Å². The van der Waals surface area contributed by atoms with Crippen LogP contribution in [-0.4, -0.2) is 73.1 Å². The molecule has 2 fully saturated rings. The minimum Gasteiger partial charge on any atom is -0.391 e. The van der Waals surface area contributed by atoms with Gasteiger partial charge in [0.25, 0.3) is 0 Å². The van der Waals surface area contributed by atoms with E-state index in [1.165, 1.54) is 5.56 Å². The zero-order valence-corrected chi connectivity index (χ0v) is 15.4. The van der Waals surface area contributed by atoms with Gasteiger partial charge < -0.3 is 15.3 Å². The van der Waals surface area contributed by atoms with E-state index in [4.69, 9.17) is 0 Å². The Morgan fingerprint density at radius 1 is 1.16 bits per heavy atom. The summed E-state index contributed by atoms with van der Waals surface area (Å²) < 4.78 is 0. The van der Waals surface area contributed by atoms with Crippen LogP contribution >= 0.6 is 0 Å². The third kappa shape index (κ3) is 4.67. The Kier molecular flexibility index (Phi) is 6.23. The van der Waals surface area contributed by atoms with Crippen LogP contribution in [0.15, 0.2) is 24.3 Å². The fraction of sp³-hybridized carbons (Fsp3) is 0.650. The lowest BCUT2D eigenvalue weighted by Crippen LogP contribution is -2.44. The molecule has 1 aliphatic carbocycles. The van der Waals surface area contributed by atoms with Crippen molar-refractivity contribution in [2.24, 2.45) is 5.92 Å². The molecule has 1 saturated carbocycles. The van der Waals surface area contributed by atoms with Gasteiger partial charge in [0.05, 0.1) is 6.10 Å². The third-order valence-electron chi connectivity index (χ3n) is 5.80. The molecule has 1 aliphatic heterocycles. The minimum atomic E-state index is -0.427. The molecular formula is C20H31N3O2. The number of rotatable bonds is 5. The Bertz CT molecular complexity index is 567. The van der Waals surface area contributed by atoms with Crippen LogP contribution in [-0.2, 0) is 6.54 Å². The van der Waals surface area contributed by atoms with E-state index < -0.39 is 6.10 Å². The molecule has 1 saturated heterocycles. The molecule has 3 atom stereocenters. The van der Waals surface area contributed by atoms with Gasteiger partial charge in [-0.1, -0.05) is 24.3 Å². The van der Waals surface area contributed by atoms with Gasteiger partial charge in [-0.2, -0.15) is 0 Å². The van der Waals surface area contributed by atoms with Gasteiger partial charge in [0, 0.05) is 50.2 Å². The molecule has 0 radical (unpaired) electrons. The highest BCUT2D eigenvalue weighted by Gasteiger charge is 2.32. The largest absolute Gasteiger partial charge is 0.391 e. The molecule has 1 heterocycles. The summed E-state index contributed by atoms with van der Waals surface area (Å²) in [5.74, 6) is 0.128. The van der Waals surface area contributed by atoms with Crippen molar-refractivity contribution in [1.29, 1.82) is 0 Å². The molecule has 3 rings (SSSR count). The Morgan fingerprint density at radius 2 is 1.84 bits per heavy atom. The number of piperazine rings is 1. The normalized spacial score (nSPS) is 28.8. The zero-order chi connectivity index (χ0) is 17.8. The first-order chi connectivity index (χ1) is 12.1. The highest BCUT2D eigenvalue weighted by Crippen LogP contribution is 2.28. The summed E-state index contributed by atoms with van der Waals surface area (Å²) in [6.45, 7) is 5.39. The maximum absolute atomic E-state index is 12.7. The second kappa shape index (κ2) is 8.41. The quantitative estimate of drug-likeness (QED) is 0.790. The fourth-order valence-corrected chi connectivity index (χ4v) is 4.00. The number of nitrogens with zero attached hydrogens (tertiary/aromatic N) is 2. The minimum absolute atomic E-state index is 0.0527. The smallest absolute Gasteiger partial charge is 0.166 e. The number of hydrogen-bond donors (Lipinski definition) is 2. The van der Waals surface area contributed by atoms with Crippen molar-refractivity contribution in [3.05, 3.63) is 35.4 Å². The lowest BCUT2D eigenvalue weighted by molar-refractivity contribution is 0.0564. The van der Waals surface area contributed by atoms with Crippen LogP contribution < -0.4 is 5.32 Å². The maximum atomic E-state index is 12.7. The van der Waals surface area contributed by atoms with Crippen molar-refractivity contribution in [2.45, 2.75) is 38.0 Å². The molecule has 1 aromatic carbocycles. The standard InChI is InChI=1S/C20H31N3O2/c1-21-18-8-7-17(13-19(18)24)20(25)16-5-3-15(4-6-16)14-23-11-9-22(2)10-12-23/h3-6,17-19,21,24H,7-14H2,1-2H3/t17-,18+,19+/m0/s1. The van der Waals surface area contributed by atoms with Crippen LogP contribution in [0.3, 0.4) is 0 Å². The first-order valence-electron chi connectivity index (χ1n) is 9.46. The van der Waals surface area contributed by atoms with Crippen molar-refractivity contribution in [3.63, 3.8) is 0 Å². The van der Waals surface area contributed by atoms with Crippen LogP contribution in [0.2, 0.25) is 0 Å². The van der Waals surface area contributed by atoms with E-state index >= 15 is 0 Å². The monoisotopic (exact) mass is 345 g/mol. The predicted octanol–water partition coefficient (Wildman–Crippen LogP) is 1.37. The summed E-state index contributed by atoms with van der Waals surface area (Å²) in [6.07, 6.45) is 1.84. The number of nitrogens with one attached hydrogen (secondary N) is 1. The van der Waals surface area contributed by atoms with Gasteiger partial charge in [0.2, 0.25) is 0 Å². The van der Waals surface area contributed by atoms with Crippen molar-refractivity contribution < 1.29 is 9.90 Å². The second-order valence-corrected chi connectivity index (χ2v) is 7.61. The van der Waals surface area contributed by atoms with E-state index in [1.807, 2.05) is 19.2 Å². The van der Waals surface area contributed by atoms with Crippen LogP contribution in [0.1, 0.15) is 35.2 Å². The van der Waals surface area contributed by atoms with Crippen LogP contribution in [0.5, 0.6) is 0 Å². The number of ketones is 1. The van der Waals surface area contributed by atoms with Crippen LogP contribution in [0.4, 0.5) is 0 Å². The number of hydrogen-bond acceptors (Lipinski definition) is 5. The number of benzene rings is 1. The first-order valence-corrected chi connectivity index (χ1v) is 9.46. The van der Waals surface area contributed by atoms with Gasteiger partial charge in [0.15, 0.2) is 5.78 Å². The predicted molar refractivity (Wildman–Crippen MR) is 99.7 cm³/mol. The molecule has 0 spiro atoms. The van der Waals surface area contributed by atoms with Crippen molar-refractivity contribution in [3.8, 4) is 0 Å². The average molecular weight is 345 g/mol. The lowest BCUT2D eigenvalue weighted by atomic mass is 9.80. The molecule has 25 heavy (non-hydrogen) atoms. The van der Waals surface area contributed by atoms with E-state index in [0.29, 0.717) is 6.42 Å². The molecule has 2 aliphatic rings. The molecule has 1 aromatic rings. The summed E-state index contributed by atoms with van der Waals surface area (Å²) in [7, 11) is 4.04. The summed E-state index contributed by atoms with van der Waals surface area (Å²) in [5.41, 5.74) is 2.04. The highest BCUT2D eigenvalue weighted by atomic mass is 16.3. The van der Waals surface area contributed by atoms with Crippen molar-refractivity contribution >= 4 is 5.78 Å². The molecule has 0 bridgehead atoms. The zero-order valence-electron chi connectivity index (χ0n) is 15.4. The first kappa shape index (κ1) is 18.5. The van der Waals surface area contributed by atoms with Gasteiger partial charge in [-0.3, -0.25) is 9.69 Å². The summed E-state index contributed by atoms with van der Waals surface area (Å²) in [4.78, 5) is 17.6. The van der Waals surface area contributed by atoms with Crippen molar-refractivity contribution in [1.82, 2.24) is 15.1 Å². The van der Waals surface area contributed by atoms with E-state index in [1.54, 1.807) is 0 Å². The Balaban J connectivity index is 1.56. The Morgan fingerprint density at radius 3 is 2.44 bits per heavy atom. The van der Waals surface area contributed by atoms with Crippen LogP contribution in [0.25, 0.3) is 0 Å². The van der Waals surface area contributed by atoms with Gasteiger partial charge in [-0.25, -0.2) is 0 Å². The number of aliphatic hydroxyl groups is 1.